The van der Waals surface area contributed by atoms with Crippen LogP contribution in [0.2, 0.25) is 0 Å². The fraction of sp³-hybridized carbons (Fsp3) is 0.143. The van der Waals surface area contributed by atoms with Crippen molar-refractivity contribution in [2.24, 2.45) is 0 Å². The molecule has 0 aliphatic carbocycles. The SMILES string of the molecule is CNc1ccc(SNc2ccccc2C(F)(F)F)cc1. The second-order valence-electron chi connectivity index (χ2n) is 4.02. The van der Waals surface area contributed by atoms with Crippen LogP contribution in [-0.2, 0) is 6.18 Å². The van der Waals surface area contributed by atoms with E-state index in [1.54, 1.807) is 13.1 Å². The lowest BCUT2D eigenvalue weighted by atomic mass is 10.2. The number of benzene rings is 2. The number of alkyl halides is 3. The lowest BCUT2D eigenvalue weighted by molar-refractivity contribution is -0.136. The van der Waals surface area contributed by atoms with Gasteiger partial charge in [0, 0.05) is 17.6 Å². The highest BCUT2D eigenvalue weighted by molar-refractivity contribution is 8.00. The molecule has 6 heteroatoms. The van der Waals surface area contributed by atoms with E-state index in [2.05, 4.69) is 10.0 Å². The van der Waals surface area contributed by atoms with Crippen molar-refractivity contribution >= 4 is 23.3 Å². The van der Waals surface area contributed by atoms with Gasteiger partial charge in [-0.15, -0.1) is 0 Å². The molecule has 0 radical (unpaired) electrons. The van der Waals surface area contributed by atoms with E-state index in [1.807, 2.05) is 24.3 Å². The summed E-state index contributed by atoms with van der Waals surface area (Å²) in [7, 11) is 1.81. The maximum atomic E-state index is 12.8. The zero-order valence-electron chi connectivity index (χ0n) is 10.7. The van der Waals surface area contributed by atoms with Crippen LogP contribution in [0.5, 0.6) is 0 Å². The normalized spacial score (nSPS) is 11.2. The van der Waals surface area contributed by atoms with E-state index in [4.69, 9.17) is 0 Å². The van der Waals surface area contributed by atoms with Crippen molar-refractivity contribution in [1.29, 1.82) is 0 Å². The molecule has 106 valence electrons. The summed E-state index contributed by atoms with van der Waals surface area (Å²) < 4.78 is 41.2. The Balaban J connectivity index is 2.10. The highest BCUT2D eigenvalue weighted by Gasteiger charge is 2.33. The molecule has 0 saturated heterocycles. The van der Waals surface area contributed by atoms with Crippen molar-refractivity contribution in [1.82, 2.24) is 0 Å². The molecule has 0 aliphatic heterocycles. The highest BCUT2D eigenvalue weighted by atomic mass is 32.2. The van der Waals surface area contributed by atoms with Gasteiger partial charge in [0.25, 0.3) is 0 Å². The minimum Gasteiger partial charge on any atom is -0.388 e. The summed E-state index contributed by atoms with van der Waals surface area (Å²) in [5, 5.41) is 2.98. The van der Waals surface area contributed by atoms with Gasteiger partial charge < -0.3 is 10.0 Å². The smallest absolute Gasteiger partial charge is 0.388 e. The predicted octanol–water partition coefficient (Wildman–Crippen LogP) is 4.87. The van der Waals surface area contributed by atoms with E-state index in [0.717, 1.165) is 28.6 Å². The summed E-state index contributed by atoms with van der Waals surface area (Å²) in [5.41, 5.74) is 0.340. The van der Waals surface area contributed by atoms with Gasteiger partial charge in [-0.05, 0) is 48.3 Å². The summed E-state index contributed by atoms with van der Waals surface area (Å²) >= 11 is 1.15. The van der Waals surface area contributed by atoms with E-state index in [-0.39, 0.29) is 5.69 Å². The zero-order valence-corrected chi connectivity index (χ0v) is 11.5. The monoisotopic (exact) mass is 298 g/mol. The van der Waals surface area contributed by atoms with Gasteiger partial charge in [-0.1, -0.05) is 12.1 Å². The third-order valence-electron chi connectivity index (χ3n) is 2.65. The van der Waals surface area contributed by atoms with Gasteiger partial charge in [0.2, 0.25) is 0 Å². The van der Waals surface area contributed by atoms with E-state index >= 15 is 0 Å². The number of para-hydroxylation sites is 1. The van der Waals surface area contributed by atoms with Crippen molar-refractivity contribution in [2.45, 2.75) is 11.1 Å². The zero-order chi connectivity index (χ0) is 14.6. The third-order valence-corrected chi connectivity index (χ3v) is 3.48. The van der Waals surface area contributed by atoms with Crippen molar-refractivity contribution in [3.63, 3.8) is 0 Å². The Labute approximate surface area is 119 Å². The van der Waals surface area contributed by atoms with Gasteiger partial charge in [0.1, 0.15) is 0 Å². The minimum atomic E-state index is -4.36. The van der Waals surface area contributed by atoms with Crippen LogP contribution in [-0.4, -0.2) is 7.05 Å². The first kappa shape index (κ1) is 14.6. The molecule has 0 aromatic heterocycles. The number of hydrogen-bond donors (Lipinski definition) is 2. The molecule has 2 aromatic carbocycles. The molecule has 0 unspecified atom stereocenters. The number of nitrogens with one attached hydrogen (secondary N) is 2. The van der Waals surface area contributed by atoms with E-state index in [0.29, 0.717) is 0 Å². The lowest BCUT2D eigenvalue weighted by Gasteiger charge is -2.13. The third kappa shape index (κ3) is 3.60. The first-order chi connectivity index (χ1) is 9.50. The Kier molecular flexibility index (Phi) is 4.44. The Morgan fingerprint density at radius 3 is 2.20 bits per heavy atom. The van der Waals surface area contributed by atoms with Crippen molar-refractivity contribution in [3.8, 4) is 0 Å². The molecular formula is C14H13F3N2S. The Morgan fingerprint density at radius 2 is 1.60 bits per heavy atom. The van der Waals surface area contributed by atoms with Crippen LogP contribution in [0.15, 0.2) is 53.4 Å². The number of halogens is 3. The summed E-state index contributed by atoms with van der Waals surface area (Å²) in [6, 6.07) is 12.8. The van der Waals surface area contributed by atoms with Gasteiger partial charge in [-0.25, -0.2) is 0 Å². The second-order valence-corrected chi connectivity index (χ2v) is 4.90. The maximum absolute atomic E-state index is 12.8. The number of anilines is 2. The fourth-order valence-corrected chi connectivity index (χ4v) is 2.30. The quantitative estimate of drug-likeness (QED) is 0.788. The first-order valence-corrected chi connectivity index (χ1v) is 6.69. The summed E-state index contributed by atoms with van der Waals surface area (Å²) in [5.74, 6) is 0. The molecule has 0 bridgehead atoms. The van der Waals surface area contributed by atoms with Crippen LogP contribution in [0, 0.1) is 0 Å². The summed E-state index contributed by atoms with van der Waals surface area (Å²) in [6.45, 7) is 0. The maximum Gasteiger partial charge on any atom is 0.418 e. The summed E-state index contributed by atoms with van der Waals surface area (Å²) in [6.07, 6.45) is -4.36. The summed E-state index contributed by atoms with van der Waals surface area (Å²) in [4.78, 5) is 0.834. The van der Waals surface area contributed by atoms with Gasteiger partial charge in [0.05, 0.1) is 11.3 Å². The number of hydrogen-bond acceptors (Lipinski definition) is 3. The molecule has 0 amide bonds. The standard InChI is InChI=1S/C14H13F3N2S/c1-18-10-6-8-11(9-7-10)20-19-13-5-3-2-4-12(13)14(15,16)17/h2-9,18-19H,1H3. The molecule has 2 nitrogen and oxygen atoms in total. The molecule has 0 aliphatic rings. The Hall–Kier alpha value is -1.82. The largest absolute Gasteiger partial charge is 0.418 e. The van der Waals surface area contributed by atoms with Gasteiger partial charge >= 0.3 is 6.18 Å². The molecule has 0 spiro atoms. The van der Waals surface area contributed by atoms with Crippen molar-refractivity contribution < 1.29 is 13.2 Å². The average molecular weight is 298 g/mol. The highest BCUT2D eigenvalue weighted by Crippen LogP contribution is 2.36. The van der Waals surface area contributed by atoms with Gasteiger partial charge in [0.15, 0.2) is 0 Å². The van der Waals surface area contributed by atoms with Crippen LogP contribution >= 0.6 is 11.9 Å². The topological polar surface area (TPSA) is 24.1 Å². The van der Waals surface area contributed by atoms with Gasteiger partial charge in [-0.2, -0.15) is 13.2 Å². The van der Waals surface area contributed by atoms with Crippen LogP contribution in [0.1, 0.15) is 5.56 Å². The fourth-order valence-electron chi connectivity index (χ4n) is 1.62. The predicted molar refractivity (Wildman–Crippen MR) is 76.9 cm³/mol. The molecular weight excluding hydrogens is 285 g/mol. The minimum absolute atomic E-state index is 0.0580. The van der Waals surface area contributed by atoms with Crippen molar-refractivity contribution in [3.05, 3.63) is 54.1 Å². The van der Waals surface area contributed by atoms with Gasteiger partial charge in [-0.3, -0.25) is 0 Å². The Morgan fingerprint density at radius 1 is 0.950 bits per heavy atom. The first-order valence-electron chi connectivity index (χ1n) is 5.87. The lowest BCUT2D eigenvalue weighted by Crippen LogP contribution is -2.07. The number of rotatable bonds is 4. The van der Waals surface area contributed by atoms with E-state index in [1.165, 1.54) is 12.1 Å². The molecule has 2 aromatic rings. The Bertz CT molecular complexity index is 567. The van der Waals surface area contributed by atoms with Crippen LogP contribution in [0.25, 0.3) is 0 Å². The molecule has 0 fully saturated rings. The molecule has 0 saturated carbocycles. The van der Waals surface area contributed by atoms with Crippen LogP contribution in [0.3, 0.4) is 0 Å². The van der Waals surface area contributed by atoms with Crippen LogP contribution < -0.4 is 10.0 Å². The second kappa shape index (κ2) is 6.09. The molecule has 2 rings (SSSR count). The van der Waals surface area contributed by atoms with E-state index in [9.17, 15) is 13.2 Å². The van der Waals surface area contributed by atoms with E-state index < -0.39 is 11.7 Å². The molecule has 0 atom stereocenters. The van der Waals surface area contributed by atoms with Crippen molar-refractivity contribution in [2.75, 3.05) is 17.1 Å². The molecule has 0 heterocycles. The van der Waals surface area contributed by atoms with Crippen LogP contribution in [0.4, 0.5) is 24.5 Å². The molecule has 20 heavy (non-hydrogen) atoms. The average Bonchev–Trinajstić information content (AvgIpc) is 2.45. The molecule has 2 N–H and O–H groups in total.